The first-order valence-corrected chi connectivity index (χ1v) is 6.23. The molecular weight excluding hydrogens is 294 g/mol. The van der Waals surface area contributed by atoms with E-state index in [4.69, 9.17) is 0 Å². The summed E-state index contributed by atoms with van der Waals surface area (Å²) < 4.78 is 0.851. The topological polar surface area (TPSA) is 54.0 Å². The highest BCUT2D eigenvalue weighted by Crippen LogP contribution is 2.20. The molecule has 2 amide bonds. The molecule has 5 heteroatoms. The number of hydrogen-bond donors (Lipinski definition) is 2. The number of benzene rings is 1. The lowest BCUT2D eigenvalue weighted by Gasteiger charge is -2.08. The Morgan fingerprint density at radius 3 is 2.61 bits per heavy atom. The van der Waals surface area contributed by atoms with Crippen LogP contribution in [0.25, 0.3) is 0 Å². The van der Waals surface area contributed by atoms with Crippen LogP contribution in [-0.2, 0) is 6.54 Å². The van der Waals surface area contributed by atoms with Crippen LogP contribution >= 0.6 is 15.9 Å². The van der Waals surface area contributed by atoms with Crippen molar-refractivity contribution >= 4 is 27.6 Å². The van der Waals surface area contributed by atoms with E-state index in [1.807, 2.05) is 36.4 Å². The first-order valence-electron chi connectivity index (χ1n) is 5.44. The fraction of sp³-hybridized carbons (Fsp3) is 0.0769. The zero-order valence-electron chi connectivity index (χ0n) is 9.56. The molecule has 18 heavy (non-hydrogen) atoms. The minimum atomic E-state index is -0.237. The number of halogens is 1. The van der Waals surface area contributed by atoms with E-state index in [1.54, 1.807) is 12.4 Å². The van der Waals surface area contributed by atoms with Crippen LogP contribution in [0.1, 0.15) is 5.56 Å². The van der Waals surface area contributed by atoms with Crippen LogP contribution in [0.4, 0.5) is 10.5 Å². The predicted molar refractivity (Wildman–Crippen MR) is 74.2 cm³/mol. The Morgan fingerprint density at radius 2 is 1.89 bits per heavy atom. The van der Waals surface area contributed by atoms with Crippen molar-refractivity contribution in [2.45, 2.75) is 6.54 Å². The molecule has 0 bridgehead atoms. The van der Waals surface area contributed by atoms with Crippen molar-refractivity contribution < 1.29 is 4.79 Å². The van der Waals surface area contributed by atoms with Gasteiger partial charge in [0.25, 0.3) is 0 Å². The Hall–Kier alpha value is -1.88. The number of carbonyl (C=O) groups excluding carboxylic acids is 1. The van der Waals surface area contributed by atoms with E-state index in [9.17, 15) is 4.79 Å². The SMILES string of the molecule is O=C(NCc1ccncc1)Nc1ccccc1Br. The summed E-state index contributed by atoms with van der Waals surface area (Å²) in [6.07, 6.45) is 3.39. The highest BCUT2D eigenvalue weighted by atomic mass is 79.9. The summed E-state index contributed by atoms with van der Waals surface area (Å²) in [4.78, 5) is 15.6. The van der Waals surface area contributed by atoms with E-state index in [-0.39, 0.29) is 6.03 Å². The molecular formula is C13H12BrN3O. The molecule has 0 atom stereocenters. The Kier molecular flexibility index (Phi) is 4.30. The predicted octanol–water partition coefficient (Wildman–Crippen LogP) is 3.17. The fourth-order valence-electron chi connectivity index (χ4n) is 1.41. The molecule has 0 aliphatic rings. The molecule has 0 aliphatic carbocycles. The van der Waals surface area contributed by atoms with Crippen LogP contribution in [0.5, 0.6) is 0 Å². The van der Waals surface area contributed by atoms with Gasteiger partial charge in [-0.2, -0.15) is 0 Å². The molecule has 2 rings (SSSR count). The lowest BCUT2D eigenvalue weighted by molar-refractivity contribution is 0.251. The summed E-state index contributed by atoms with van der Waals surface area (Å²) in [5.41, 5.74) is 1.75. The number of nitrogens with zero attached hydrogens (tertiary/aromatic N) is 1. The second-order valence-electron chi connectivity index (χ2n) is 3.64. The average Bonchev–Trinajstić information content (AvgIpc) is 2.40. The third kappa shape index (κ3) is 3.56. The second kappa shape index (κ2) is 6.16. The number of pyridine rings is 1. The standard InChI is InChI=1S/C13H12BrN3O/c14-11-3-1-2-4-12(11)17-13(18)16-9-10-5-7-15-8-6-10/h1-8H,9H2,(H2,16,17,18). The van der Waals surface area contributed by atoms with Gasteiger partial charge in [0.2, 0.25) is 0 Å². The molecule has 1 heterocycles. The number of carbonyl (C=O) groups is 1. The van der Waals surface area contributed by atoms with Crippen molar-refractivity contribution in [3.63, 3.8) is 0 Å². The van der Waals surface area contributed by atoms with Gasteiger partial charge in [0.15, 0.2) is 0 Å². The first kappa shape index (κ1) is 12.6. The molecule has 2 N–H and O–H groups in total. The van der Waals surface area contributed by atoms with Gasteiger partial charge in [-0.25, -0.2) is 4.79 Å². The van der Waals surface area contributed by atoms with Crippen molar-refractivity contribution in [1.82, 2.24) is 10.3 Å². The molecule has 92 valence electrons. The Labute approximate surface area is 114 Å². The second-order valence-corrected chi connectivity index (χ2v) is 4.50. The molecule has 1 aromatic carbocycles. The average molecular weight is 306 g/mol. The Morgan fingerprint density at radius 1 is 1.17 bits per heavy atom. The number of amides is 2. The molecule has 0 saturated heterocycles. The number of para-hydroxylation sites is 1. The van der Waals surface area contributed by atoms with Gasteiger partial charge >= 0.3 is 6.03 Å². The minimum absolute atomic E-state index is 0.237. The first-order chi connectivity index (χ1) is 8.75. The molecule has 0 spiro atoms. The maximum Gasteiger partial charge on any atom is 0.319 e. The highest BCUT2D eigenvalue weighted by Gasteiger charge is 2.03. The number of aromatic nitrogens is 1. The smallest absolute Gasteiger partial charge is 0.319 e. The van der Waals surface area contributed by atoms with E-state index in [0.29, 0.717) is 6.54 Å². The van der Waals surface area contributed by atoms with Gasteiger partial charge in [0.1, 0.15) is 0 Å². The van der Waals surface area contributed by atoms with Crippen LogP contribution < -0.4 is 10.6 Å². The van der Waals surface area contributed by atoms with Crippen LogP contribution in [0.3, 0.4) is 0 Å². The molecule has 0 aliphatic heterocycles. The minimum Gasteiger partial charge on any atom is -0.334 e. The summed E-state index contributed by atoms with van der Waals surface area (Å²) in [6.45, 7) is 0.471. The Bertz CT molecular complexity index is 531. The third-order valence-corrected chi connectivity index (χ3v) is 3.02. The molecule has 0 radical (unpaired) electrons. The number of rotatable bonds is 3. The zero-order chi connectivity index (χ0) is 12.8. The van der Waals surface area contributed by atoms with E-state index in [0.717, 1.165) is 15.7 Å². The highest BCUT2D eigenvalue weighted by molar-refractivity contribution is 9.10. The van der Waals surface area contributed by atoms with Gasteiger partial charge < -0.3 is 10.6 Å². The molecule has 0 fully saturated rings. The van der Waals surface area contributed by atoms with Gasteiger partial charge in [-0.1, -0.05) is 12.1 Å². The summed E-state index contributed by atoms with van der Waals surface area (Å²) in [5, 5.41) is 5.54. The van der Waals surface area contributed by atoms with Crippen molar-refractivity contribution in [2.24, 2.45) is 0 Å². The monoisotopic (exact) mass is 305 g/mol. The lowest BCUT2D eigenvalue weighted by Crippen LogP contribution is -2.28. The van der Waals surface area contributed by atoms with Crippen molar-refractivity contribution in [2.75, 3.05) is 5.32 Å². The van der Waals surface area contributed by atoms with Crippen LogP contribution in [0, 0.1) is 0 Å². The maximum absolute atomic E-state index is 11.7. The van der Waals surface area contributed by atoms with Crippen molar-refractivity contribution in [3.8, 4) is 0 Å². The van der Waals surface area contributed by atoms with Gasteiger partial charge in [-0.05, 0) is 45.8 Å². The van der Waals surface area contributed by atoms with Crippen LogP contribution in [0.15, 0.2) is 53.3 Å². The van der Waals surface area contributed by atoms with Gasteiger partial charge in [0, 0.05) is 23.4 Å². The largest absolute Gasteiger partial charge is 0.334 e. The number of anilines is 1. The summed E-state index contributed by atoms with van der Waals surface area (Å²) in [7, 11) is 0. The molecule has 0 unspecified atom stereocenters. The van der Waals surface area contributed by atoms with Gasteiger partial charge in [-0.3, -0.25) is 4.98 Å². The summed E-state index contributed by atoms with van der Waals surface area (Å²) in [5.74, 6) is 0. The molecule has 1 aromatic heterocycles. The summed E-state index contributed by atoms with van der Waals surface area (Å²) in [6, 6.07) is 10.9. The molecule has 2 aromatic rings. The van der Waals surface area contributed by atoms with Crippen molar-refractivity contribution in [3.05, 3.63) is 58.8 Å². The van der Waals surface area contributed by atoms with E-state index in [1.165, 1.54) is 0 Å². The lowest BCUT2D eigenvalue weighted by atomic mass is 10.3. The van der Waals surface area contributed by atoms with Crippen LogP contribution in [0.2, 0.25) is 0 Å². The van der Waals surface area contributed by atoms with E-state index in [2.05, 4.69) is 31.5 Å². The van der Waals surface area contributed by atoms with E-state index < -0.39 is 0 Å². The molecule has 0 saturated carbocycles. The number of urea groups is 1. The van der Waals surface area contributed by atoms with Crippen molar-refractivity contribution in [1.29, 1.82) is 0 Å². The molecule has 4 nitrogen and oxygen atoms in total. The number of nitrogens with one attached hydrogen (secondary N) is 2. The normalized spacial score (nSPS) is 9.83. The summed E-state index contributed by atoms with van der Waals surface area (Å²) >= 11 is 3.37. The third-order valence-electron chi connectivity index (χ3n) is 2.32. The zero-order valence-corrected chi connectivity index (χ0v) is 11.1. The van der Waals surface area contributed by atoms with Crippen LogP contribution in [-0.4, -0.2) is 11.0 Å². The maximum atomic E-state index is 11.7. The quantitative estimate of drug-likeness (QED) is 0.915. The van der Waals surface area contributed by atoms with Gasteiger partial charge in [0.05, 0.1) is 5.69 Å². The fourth-order valence-corrected chi connectivity index (χ4v) is 1.80. The van der Waals surface area contributed by atoms with E-state index >= 15 is 0 Å². The number of hydrogen-bond acceptors (Lipinski definition) is 2. The van der Waals surface area contributed by atoms with Gasteiger partial charge in [-0.15, -0.1) is 0 Å². The Balaban J connectivity index is 1.88.